The number of likely N-dealkylation sites (tertiary alicyclic amines) is 1. The molecule has 0 bridgehead atoms. The summed E-state index contributed by atoms with van der Waals surface area (Å²) >= 11 is 0. The van der Waals surface area contributed by atoms with Gasteiger partial charge in [0.2, 0.25) is 5.95 Å². The van der Waals surface area contributed by atoms with E-state index in [9.17, 15) is 9.59 Å². The Morgan fingerprint density at radius 1 is 1.07 bits per heavy atom. The summed E-state index contributed by atoms with van der Waals surface area (Å²) in [6.07, 6.45) is 7.46. The maximum atomic E-state index is 12.6. The second kappa shape index (κ2) is 9.12. The van der Waals surface area contributed by atoms with E-state index in [1.807, 2.05) is 11.0 Å². The quantitative estimate of drug-likeness (QED) is 0.814. The fraction of sp³-hybridized carbons (Fsp3) is 0.400. The van der Waals surface area contributed by atoms with Crippen molar-refractivity contribution in [1.29, 1.82) is 0 Å². The molecule has 0 radical (unpaired) electrons. The minimum atomic E-state index is -0.409. The first-order valence-electron chi connectivity index (χ1n) is 9.33. The monoisotopic (exact) mass is 368 g/mol. The van der Waals surface area contributed by atoms with E-state index in [1.54, 1.807) is 25.1 Å². The predicted octanol–water partition coefficient (Wildman–Crippen LogP) is 3.41. The van der Waals surface area contributed by atoms with Gasteiger partial charge in [0.1, 0.15) is 0 Å². The molecule has 1 fully saturated rings. The van der Waals surface area contributed by atoms with Crippen molar-refractivity contribution in [3.8, 4) is 0 Å². The molecule has 1 aliphatic heterocycles. The average molecular weight is 368 g/mol. The van der Waals surface area contributed by atoms with Crippen molar-refractivity contribution in [2.24, 2.45) is 0 Å². The molecule has 1 N–H and O–H groups in total. The van der Waals surface area contributed by atoms with Crippen LogP contribution in [0.25, 0.3) is 0 Å². The summed E-state index contributed by atoms with van der Waals surface area (Å²) in [5.74, 6) is -0.122. The van der Waals surface area contributed by atoms with Crippen LogP contribution in [0.5, 0.6) is 0 Å². The number of hydrogen-bond donors (Lipinski definition) is 1. The molecule has 142 valence electrons. The third-order valence-corrected chi connectivity index (χ3v) is 4.46. The Morgan fingerprint density at radius 2 is 1.74 bits per heavy atom. The average Bonchev–Trinajstić information content (AvgIpc) is 2.98. The number of carbonyl (C=O) groups is 2. The SMILES string of the molecule is CCOC(=O)c1ccccc1Nc1ncc(C(=O)N2CCCCCC2)cn1. The fourth-order valence-corrected chi connectivity index (χ4v) is 3.06. The zero-order valence-corrected chi connectivity index (χ0v) is 15.5. The first-order valence-corrected chi connectivity index (χ1v) is 9.33. The Balaban J connectivity index is 1.71. The van der Waals surface area contributed by atoms with Crippen molar-refractivity contribution < 1.29 is 14.3 Å². The third-order valence-electron chi connectivity index (χ3n) is 4.46. The molecule has 3 rings (SSSR count). The summed E-state index contributed by atoms with van der Waals surface area (Å²) in [5, 5.41) is 3.02. The van der Waals surface area contributed by atoms with Crippen molar-refractivity contribution in [2.75, 3.05) is 25.0 Å². The number of hydrogen-bond acceptors (Lipinski definition) is 6. The van der Waals surface area contributed by atoms with Crippen LogP contribution in [-0.2, 0) is 4.74 Å². The van der Waals surface area contributed by atoms with Gasteiger partial charge in [-0.25, -0.2) is 14.8 Å². The zero-order chi connectivity index (χ0) is 19.1. The molecule has 1 amide bonds. The number of para-hydroxylation sites is 1. The Kier molecular flexibility index (Phi) is 6.35. The largest absolute Gasteiger partial charge is 0.462 e. The van der Waals surface area contributed by atoms with Gasteiger partial charge in [-0.1, -0.05) is 25.0 Å². The summed E-state index contributed by atoms with van der Waals surface area (Å²) in [5.41, 5.74) is 1.44. The summed E-state index contributed by atoms with van der Waals surface area (Å²) in [4.78, 5) is 35.0. The highest BCUT2D eigenvalue weighted by molar-refractivity contribution is 5.96. The van der Waals surface area contributed by atoms with Gasteiger partial charge < -0.3 is 15.0 Å². The van der Waals surface area contributed by atoms with Crippen LogP contribution in [0.15, 0.2) is 36.7 Å². The van der Waals surface area contributed by atoms with Crippen molar-refractivity contribution >= 4 is 23.5 Å². The predicted molar refractivity (Wildman–Crippen MR) is 102 cm³/mol. The lowest BCUT2D eigenvalue weighted by Crippen LogP contribution is -2.32. The number of rotatable bonds is 5. The lowest BCUT2D eigenvalue weighted by molar-refractivity contribution is 0.0527. The van der Waals surface area contributed by atoms with Gasteiger partial charge in [-0.3, -0.25) is 4.79 Å². The first kappa shape index (κ1) is 18.8. The molecule has 0 aliphatic carbocycles. The van der Waals surface area contributed by atoms with Crippen molar-refractivity contribution in [3.63, 3.8) is 0 Å². The Bertz CT molecular complexity index is 784. The number of ether oxygens (including phenoxy) is 1. The van der Waals surface area contributed by atoms with E-state index in [1.165, 1.54) is 25.2 Å². The minimum absolute atomic E-state index is 0.0321. The van der Waals surface area contributed by atoms with Gasteiger partial charge in [0.05, 0.1) is 23.4 Å². The van der Waals surface area contributed by atoms with E-state index >= 15 is 0 Å². The number of amides is 1. The molecule has 1 aromatic carbocycles. The van der Waals surface area contributed by atoms with Crippen LogP contribution in [0.2, 0.25) is 0 Å². The summed E-state index contributed by atoms with van der Waals surface area (Å²) in [6.45, 7) is 3.63. The van der Waals surface area contributed by atoms with Crippen molar-refractivity contribution in [3.05, 3.63) is 47.8 Å². The molecule has 7 heteroatoms. The Labute approximate surface area is 158 Å². The summed E-state index contributed by atoms with van der Waals surface area (Å²) < 4.78 is 5.06. The van der Waals surface area contributed by atoms with Gasteiger partial charge >= 0.3 is 5.97 Å². The highest BCUT2D eigenvalue weighted by Crippen LogP contribution is 2.20. The van der Waals surface area contributed by atoms with Gasteiger partial charge in [-0.05, 0) is 31.9 Å². The molecule has 0 saturated carbocycles. The standard InChI is InChI=1S/C20H24N4O3/c1-2-27-19(26)16-9-5-6-10-17(16)23-20-21-13-15(14-22-20)18(25)24-11-7-3-4-8-12-24/h5-6,9-10,13-14H,2-4,7-8,11-12H2,1H3,(H,21,22,23). The Hall–Kier alpha value is -2.96. The number of nitrogens with zero attached hydrogens (tertiary/aromatic N) is 3. The maximum Gasteiger partial charge on any atom is 0.340 e. The van der Waals surface area contributed by atoms with E-state index in [4.69, 9.17) is 4.74 Å². The molecule has 0 unspecified atom stereocenters. The molecule has 2 heterocycles. The molecule has 2 aromatic rings. The van der Waals surface area contributed by atoms with Crippen LogP contribution in [0, 0.1) is 0 Å². The lowest BCUT2D eigenvalue weighted by Gasteiger charge is -2.20. The number of aromatic nitrogens is 2. The second-order valence-corrected chi connectivity index (χ2v) is 6.39. The lowest BCUT2D eigenvalue weighted by atomic mass is 10.2. The van der Waals surface area contributed by atoms with E-state index in [0.29, 0.717) is 29.4 Å². The first-order chi connectivity index (χ1) is 13.2. The molecule has 1 aliphatic rings. The molecule has 0 atom stereocenters. The molecular formula is C20H24N4O3. The van der Waals surface area contributed by atoms with Crippen LogP contribution in [0.3, 0.4) is 0 Å². The number of anilines is 2. The van der Waals surface area contributed by atoms with Crippen molar-refractivity contribution in [1.82, 2.24) is 14.9 Å². The molecule has 1 saturated heterocycles. The van der Waals surface area contributed by atoms with Gasteiger partial charge in [0.25, 0.3) is 5.91 Å². The van der Waals surface area contributed by atoms with Crippen LogP contribution in [-0.4, -0.2) is 46.4 Å². The number of esters is 1. The third kappa shape index (κ3) is 4.81. The van der Waals surface area contributed by atoms with E-state index < -0.39 is 5.97 Å². The Morgan fingerprint density at radius 3 is 2.41 bits per heavy atom. The van der Waals surface area contributed by atoms with Gasteiger partial charge in [-0.2, -0.15) is 0 Å². The normalized spacial score (nSPS) is 14.3. The summed E-state index contributed by atoms with van der Waals surface area (Å²) in [7, 11) is 0. The number of benzene rings is 1. The van der Waals surface area contributed by atoms with E-state index in [0.717, 1.165) is 25.9 Å². The highest BCUT2D eigenvalue weighted by atomic mass is 16.5. The fourth-order valence-electron chi connectivity index (χ4n) is 3.06. The van der Waals surface area contributed by atoms with Gasteiger partial charge in [-0.15, -0.1) is 0 Å². The van der Waals surface area contributed by atoms with E-state index in [2.05, 4.69) is 15.3 Å². The zero-order valence-electron chi connectivity index (χ0n) is 15.5. The number of nitrogens with one attached hydrogen (secondary N) is 1. The molecule has 7 nitrogen and oxygen atoms in total. The molecule has 1 aromatic heterocycles. The van der Waals surface area contributed by atoms with Crippen LogP contribution >= 0.6 is 0 Å². The molecule has 27 heavy (non-hydrogen) atoms. The van der Waals surface area contributed by atoms with Gasteiger partial charge in [0, 0.05) is 25.5 Å². The smallest absolute Gasteiger partial charge is 0.340 e. The van der Waals surface area contributed by atoms with Crippen molar-refractivity contribution in [2.45, 2.75) is 32.6 Å². The molecular weight excluding hydrogens is 344 g/mol. The topological polar surface area (TPSA) is 84.4 Å². The van der Waals surface area contributed by atoms with Crippen LogP contribution < -0.4 is 5.32 Å². The highest BCUT2D eigenvalue weighted by Gasteiger charge is 2.18. The maximum absolute atomic E-state index is 12.6. The second-order valence-electron chi connectivity index (χ2n) is 6.39. The van der Waals surface area contributed by atoms with Crippen LogP contribution in [0.1, 0.15) is 53.3 Å². The summed E-state index contributed by atoms with van der Waals surface area (Å²) in [6, 6.07) is 7.01. The molecule has 0 spiro atoms. The number of carbonyl (C=O) groups excluding carboxylic acids is 2. The van der Waals surface area contributed by atoms with E-state index in [-0.39, 0.29) is 5.91 Å². The van der Waals surface area contributed by atoms with Crippen LogP contribution in [0.4, 0.5) is 11.6 Å². The minimum Gasteiger partial charge on any atom is -0.462 e. The van der Waals surface area contributed by atoms with Gasteiger partial charge in [0.15, 0.2) is 0 Å².